The number of anilines is 1. The number of carbonyl (C=O) groups is 2. The number of para-hydroxylation sites is 2. The van der Waals surface area contributed by atoms with Crippen LogP contribution in [0.3, 0.4) is 0 Å². The summed E-state index contributed by atoms with van der Waals surface area (Å²) in [6, 6.07) is 22.1. The predicted octanol–water partition coefficient (Wildman–Crippen LogP) is 5.06. The van der Waals surface area contributed by atoms with Gasteiger partial charge in [-0.25, -0.2) is 8.42 Å². The molecule has 0 saturated carbocycles. The summed E-state index contributed by atoms with van der Waals surface area (Å²) in [5.41, 5.74) is 1.82. The Kier molecular flexibility index (Phi) is 11.6. The van der Waals surface area contributed by atoms with E-state index in [1.54, 1.807) is 49.4 Å². The molecule has 0 spiro atoms. The Balaban J connectivity index is 2.09. The SMILES string of the molecule is CCOc1ccccc1N(CC(=O)N(Cc1cccc(Cl)c1)[C@@H](Cc1ccccc1)C(=O)N[C@H](C)CC)S(C)(=O)=O. The van der Waals surface area contributed by atoms with Gasteiger partial charge in [-0.15, -0.1) is 0 Å². The second-order valence-corrected chi connectivity index (χ2v) is 12.2. The fourth-order valence-corrected chi connectivity index (χ4v) is 5.43. The number of ether oxygens (including phenoxy) is 1. The van der Waals surface area contributed by atoms with E-state index in [1.807, 2.05) is 50.2 Å². The van der Waals surface area contributed by atoms with E-state index >= 15 is 0 Å². The largest absolute Gasteiger partial charge is 0.492 e. The zero-order chi connectivity index (χ0) is 30.0. The lowest BCUT2D eigenvalue weighted by Crippen LogP contribution is -2.54. The van der Waals surface area contributed by atoms with Crippen LogP contribution in [0.4, 0.5) is 5.69 Å². The molecule has 3 aromatic carbocycles. The number of nitrogens with one attached hydrogen (secondary N) is 1. The van der Waals surface area contributed by atoms with Gasteiger partial charge in [-0.05, 0) is 55.7 Å². The molecule has 0 heterocycles. The van der Waals surface area contributed by atoms with Gasteiger partial charge in [0.2, 0.25) is 21.8 Å². The maximum Gasteiger partial charge on any atom is 0.244 e. The molecule has 220 valence electrons. The lowest BCUT2D eigenvalue weighted by Gasteiger charge is -2.34. The number of carbonyl (C=O) groups excluding carboxylic acids is 2. The smallest absolute Gasteiger partial charge is 0.244 e. The fourth-order valence-electron chi connectivity index (χ4n) is 4.36. The summed E-state index contributed by atoms with van der Waals surface area (Å²) in [7, 11) is -3.91. The van der Waals surface area contributed by atoms with Crippen LogP contribution >= 0.6 is 11.6 Å². The average molecular weight is 600 g/mol. The summed E-state index contributed by atoms with van der Waals surface area (Å²) >= 11 is 6.25. The van der Waals surface area contributed by atoms with Crippen molar-refractivity contribution in [1.82, 2.24) is 10.2 Å². The van der Waals surface area contributed by atoms with Gasteiger partial charge in [-0.3, -0.25) is 13.9 Å². The zero-order valence-electron chi connectivity index (χ0n) is 23.9. The number of rotatable bonds is 14. The molecule has 41 heavy (non-hydrogen) atoms. The van der Waals surface area contributed by atoms with Gasteiger partial charge < -0.3 is 15.0 Å². The summed E-state index contributed by atoms with van der Waals surface area (Å²) in [5.74, 6) is -0.522. The van der Waals surface area contributed by atoms with Crippen molar-refractivity contribution >= 4 is 39.1 Å². The average Bonchev–Trinajstić information content (AvgIpc) is 2.94. The molecule has 0 aliphatic heterocycles. The van der Waals surface area contributed by atoms with E-state index in [1.165, 1.54) is 4.90 Å². The lowest BCUT2D eigenvalue weighted by atomic mass is 10.0. The molecule has 2 atom stereocenters. The molecule has 3 aromatic rings. The van der Waals surface area contributed by atoms with Gasteiger partial charge in [0, 0.05) is 24.0 Å². The minimum atomic E-state index is -3.91. The number of hydrogen-bond acceptors (Lipinski definition) is 5. The van der Waals surface area contributed by atoms with Crippen LogP contribution in [0.1, 0.15) is 38.3 Å². The van der Waals surface area contributed by atoms with Gasteiger partial charge in [0.15, 0.2) is 0 Å². The molecular weight excluding hydrogens is 562 g/mol. The third kappa shape index (κ3) is 9.23. The van der Waals surface area contributed by atoms with Gasteiger partial charge in [0.1, 0.15) is 18.3 Å². The van der Waals surface area contributed by atoms with E-state index in [2.05, 4.69) is 5.32 Å². The zero-order valence-corrected chi connectivity index (χ0v) is 25.5. The molecular formula is C31H38ClN3O5S. The number of benzene rings is 3. The highest BCUT2D eigenvalue weighted by Crippen LogP contribution is 2.30. The number of amides is 2. The van der Waals surface area contributed by atoms with E-state index in [9.17, 15) is 18.0 Å². The first kappa shape index (κ1) is 32.0. The van der Waals surface area contributed by atoms with Crippen molar-refractivity contribution in [1.29, 1.82) is 0 Å². The number of hydrogen-bond donors (Lipinski definition) is 1. The first-order chi connectivity index (χ1) is 19.5. The van der Waals surface area contributed by atoms with Gasteiger partial charge in [0.05, 0.1) is 18.6 Å². The van der Waals surface area contributed by atoms with Crippen LogP contribution in [0.25, 0.3) is 0 Å². The highest BCUT2D eigenvalue weighted by Gasteiger charge is 2.34. The van der Waals surface area contributed by atoms with Gasteiger partial charge in [0.25, 0.3) is 0 Å². The molecule has 0 aliphatic carbocycles. The van der Waals surface area contributed by atoms with Crippen LogP contribution in [-0.4, -0.2) is 56.6 Å². The van der Waals surface area contributed by atoms with Crippen LogP contribution in [-0.2, 0) is 32.6 Å². The molecule has 0 bridgehead atoms. The van der Waals surface area contributed by atoms with Crippen LogP contribution in [0, 0.1) is 0 Å². The molecule has 3 rings (SSSR count). The Morgan fingerprint density at radius 1 is 0.951 bits per heavy atom. The fraction of sp³-hybridized carbons (Fsp3) is 0.355. The maximum atomic E-state index is 14.2. The van der Waals surface area contributed by atoms with Crippen LogP contribution < -0.4 is 14.4 Å². The third-order valence-electron chi connectivity index (χ3n) is 6.63. The van der Waals surface area contributed by atoms with Crippen molar-refractivity contribution in [2.24, 2.45) is 0 Å². The van der Waals surface area contributed by atoms with E-state index in [0.29, 0.717) is 29.4 Å². The third-order valence-corrected chi connectivity index (χ3v) is 7.99. The number of sulfonamides is 1. The Labute approximate surface area is 248 Å². The van der Waals surface area contributed by atoms with Crippen molar-refractivity contribution in [3.8, 4) is 5.75 Å². The van der Waals surface area contributed by atoms with Crippen LogP contribution in [0.15, 0.2) is 78.9 Å². The monoisotopic (exact) mass is 599 g/mol. The number of halogens is 1. The molecule has 0 radical (unpaired) electrons. The van der Waals surface area contributed by atoms with E-state index in [0.717, 1.165) is 16.1 Å². The topological polar surface area (TPSA) is 96.0 Å². The van der Waals surface area contributed by atoms with E-state index in [-0.39, 0.29) is 30.6 Å². The molecule has 10 heteroatoms. The maximum absolute atomic E-state index is 14.2. The molecule has 1 N–H and O–H groups in total. The summed E-state index contributed by atoms with van der Waals surface area (Å²) < 4.78 is 32.8. The van der Waals surface area contributed by atoms with Crippen molar-refractivity contribution in [2.45, 2.75) is 52.2 Å². The minimum absolute atomic E-state index is 0.0511. The second-order valence-electron chi connectivity index (χ2n) is 9.85. The number of nitrogens with zero attached hydrogens (tertiary/aromatic N) is 2. The molecule has 2 amide bonds. The molecule has 0 aromatic heterocycles. The first-order valence-corrected chi connectivity index (χ1v) is 15.8. The van der Waals surface area contributed by atoms with Crippen LogP contribution in [0.5, 0.6) is 5.75 Å². The summed E-state index contributed by atoms with van der Waals surface area (Å²) in [6.07, 6.45) is 1.99. The van der Waals surface area contributed by atoms with Crippen molar-refractivity contribution in [3.63, 3.8) is 0 Å². The Morgan fingerprint density at radius 3 is 2.24 bits per heavy atom. The highest BCUT2D eigenvalue weighted by atomic mass is 35.5. The summed E-state index contributed by atoms with van der Waals surface area (Å²) in [6.45, 7) is 5.51. The van der Waals surface area contributed by atoms with Crippen LogP contribution in [0.2, 0.25) is 5.02 Å². The lowest BCUT2D eigenvalue weighted by molar-refractivity contribution is -0.140. The Morgan fingerprint density at radius 2 is 1.61 bits per heavy atom. The Bertz CT molecular complexity index is 1420. The molecule has 0 unspecified atom stereocenters. The Hall–Kier alpha value is -3.56. The quantitative estimate of drug-likeness (QED) is 0.279. The predicted molar refractivity (Wildman–Crippen MR) is 164 cm³/mol. The van der Waals surface area contributed by atoms with E-state index < -0.39 is 28.5 Å². The van der Waals surface area contributed by atoms with Gasteiger partial charge >= 0.3 is 0 Å². The molecule has 0 saturated heterocycles. The standard InChI is InChI=1S/C31H38ClN3O5S/c1-5-23(3)33-31(37)28(20-24-13-8-7-9-14-24)34(21-25-15-12-16-26(32)19-25)30(36)22-35(41(4,38)39)27-17-10-11-18-29(27)40-6-2/h7-19,23,28H,5-6,20-22H2,1-4H3,(H,33,37)/t23-,28+/m1/s1. The molecule has 0 aliphatic rings. The van der Waals surface area contributed by atoms with E-state index in [4.69, 9.17) is 16.3 Å². The van der Waals surface area contributed by atoms with Crippen molar-refractivity contribution in [3.05, 3.63) is 95.0 Å². The normalized spacial score (nSPS) is 12.7. The first-order valence-electron chi connectivity index (χ1n) is 13.6. The summed E-state index contributed by atoms with van der Waals surface area (Å²) in [4.78, 5) is 29.4. The second kappa shape index (κ2) is 14.9. The molecule has 8 nitrogen and oxygen atoms in total. The minimum Gasteiger partial charge on any atom is -0.492 e. The summed E-state index contributed by atoms with van der Waals surface area (Å²) in [5, 5.41) is 3.50. The van der Waals surface area contributed by atoms with Crippen molar-refractivity contribution < 1.29 is 22.7 Å². The highest BCUT2D eigenvalue weighted by molar-refractivity contribution is 7.92. The van der Waals surface area contributed by atoms with Gasteiger partial charge in [-0.2, -0.15) is 0 Å². The van der Waals surface area contributed by atoms with Gasteiger partial charge in [-0.1, -0.05) is 73.1 Å². The molecule has 0 fully saturated rings. The van der Waals surface area contributed by atoms with Crippen molar-refractivity contribution in [2.75, 3.05) is 23.7 Å².